The monoisotopic (exact) mass is 244 g/mol. The summed E-state index contributed by atoms with van der Waals surface area (Å²) >= 11 is 0. The third-order valence-electron chi connectivity index (χ3n) is 1.97. The summed E-state index contributed by atoms with van der Waals surface area (Å²) in [5.41, 5.74) is 4.10. The zero-order valence-electron chi connectivity index (χ0n) is 8.67. The number of carbonyl (C=O) groups is 2. The number of amides is 1. The van der Waals surface area contributed by atoms with Crippen molar-refractivity contribution in [3.8, 4) is 0 Å². The summed E-state index contributed by atoms with van der Waals surface area (Å²) in [6.45, 7) is 0.259. The Morgan fingerprint density at radius 3 is 2.24 bits per heavy atom. The van der Waals surface area contributed by atoms with Crippen LogP contribution in [-0.4, -0.2) is 30.1 Å². The highest BCUT2D eigenvalue weighted by Crippen LogP contribution is 2.15. The second-order valence-electron chi connectivity index (χ2n) is 3.16. The van der Waals surface area contributed by atoms with Crippen molar-refractivity contribution in [3.63, 3.8) is 0 Å². The fraction of sp³-hybridized carbons (Fsp3) is 0.200. The topological polar surface area (TPSA) is 92.4 Å². The molecule has 7 heteroatoms. The molecule has 1 aromatic carbocycles. The van der Waals surface area contributed by atoms with Gasteiger partial charge in [0, 0.05) is 13.1 Å². The molecule has 0 radical (unpaired) electrons. The van der Waals surface area contributed by atoms with Gasteiger partial charge < -0.3 is 16.2 Å². The Bertz CT molecular complexity index is 463. The molecule has 0 aromatic heterocycles. The van der Waals surface area contributed by atoms with Crippen LogP contribution < -0.4 is 11.1 Å². The number of halogens is 2. The Balaban J connectivity index is 3.16. The normalized spacial score (nSPS) is 10.1. The largest absolute Gasteiger partial charge is 0.478 e. The van der Waals surface area contributed by atoms with Crippen LogP contribution >= 0.6 is 0 Å². The lowest BCUT2D eigenvalue weighted by Crippen LogP contribution is -2.30. The number of nitrogens with two attached hydrogens (primary N) is 1. The molecule has 4 N–H and O–H groups in total. The number of carbonyl (C=O) groups excluding carboxylic acids is 1. The van der Waals surface area contributed by atoms with Gasteiger partial charge in [-0.3, -0.25) is 4.79 Å². The Labute approximate surface area is 95.2 Å². The first-order valence-corrected chi connectivity index (χ1v) is 4.68. The van der Waals surface area contributed by atoms with E-state index in [1.165, 1.54) is 0 Å². The van der Waals surface area contributed by atoms with E-state index in [0.717, 1.165) is 0 Å². The predicted molar refractivity (Wildman–Crippen MR) is 54.7 cm³/mol. The first-order valence-electron chi connectivity index (χ1n) is 4.68. The predicted octanol–water partition coefficient (Wildman–Crippen LogP) is 0.351. The van der Waals surface area contributed by atoms with Crippen molar-refractivity contribution in [3.05, 3.63) is 34.9 Å². The van der Waals surface area contributed by atoms with E-state index >= 15 is 0 Å². The molecule has 92 valence electrons. The Morgan fingerprint density at radius 1 is 1.24 bits per heavy atom. The fourth-order valence-corrected chi connectivity index (χ4v) is 1.19. The number of benzene rings is 1. The van der Waals surface area contributed by atoms with Crippen molar-refractivity contribution in [2.24, 2.45) is 5.73 Å². The Morgan fingerprint density at radius 2 is 1.76 bits per heavy atom. The first-order chi connectivity index (χ1) is 7.97. The minimum atomic E-state index is -1.51. The van der Waals surface area contributed by atoms with Crippen LogP contribution in [0.4, 0.5) is 8.78 Å². The van der Waals surface area contributed by atoms with Gasteiger partial charge in [-0.2, -0.15) is 0 Å². The Hall–Kier alpha value is -2.02. The SMILES string of the molecule is NCCNC(=O)c1cc(F)c(F)cc1C(=O)O. The lowest BCUT2D eigenvalue weighted by Gasteiger charge is -2.07. The van der Waals surface area contributed by atoms with E-state index in [-0.39, 0.29) is 13.1 Å². The highest BCUT2D eigenvalue weighted by Gasteiger charge is 2.19. The molecular weight excluding hydrogens is 234 g/mol. The summed E-state index contributed by atoms with van der Waals surface area (Å²) in [6, 6.07) is 1.01. The van der Waals surface area contributed by atoms with E-state index in [2.05, 4.69) is 5.32 Å². The number of carboxylic acid groups (broad SMARTS) is 1. The molecule has 0 spiro atoms. The van der Waals surface area contributed by atoms with Crippen LogP contribution in [0.1, 0.15) is 20.7 Å². The van der Waals surface area contributed by atoms with Crippen molar-refractivity contribution in [2.75, 3.05) is 13.1 Å². The smallest absolute Gasteiger partial charge is 0.336 e. The molecule has 1 amide bonds. The van der Waals surface area contributed by atoms with Gasteiger partial charge in [-0.05, 0) is 12.1 Å². The highest BCUT2D eigenvalue weighted by atomic mass is 19.2. The van der Waals surface area contributed by atoms with Crippen LogP contribution in [0.3, 0.4) is 0 Å². The molecular formula is C10H10F2N2O3. The van der Waals surface area contributed by atoms with Crippen molar-refractivity contribution < 1.29 is 23.5 Å². The van der Waals surface area contributed by atoms with Gasteiger partial charge in [0.2, 0.25) is 0 Å². The maximum atomic E-state index is 12.9. The average molecular weight is 244 g/mol. The summed E-state index contributed by atoms with van der Waals surface area (Å²) in [6.07, 6.45) is 0. The first kappa shape index (κ1) is 13.0. The van der Waals surface area contributed by atoms with E-state index in [4.69, 9.17) is 10.8 Å². The van der Waals surface area contributed by atoms with Gasteiger partial charge in [-0.1, -0.05) is 0 Å². The number of carboxylic acids is 1. The van der Waals surface area contributed by atoms with E-state index < -0.39 is 34.6 Å². The maximum absolute atomic E-state index is 12.9. The summed E-state index contributed by atoms with van der Waals surface area (Å²) < 4.78 is 25.8. The Kier molecular flexibility index (Phi) is 4.11. The van der Waals surface area contributed by atoms with Crippen molar-refractivity contribution in [2.45, 2.75) is 0 Å². The summed E-state index contributed by atoms with van der Waals surface area (Å²) in [4.78, 5) is 22.2. The molecule has 5 nitrogen and oxygen atoms in total. The number of aromatic carboxylic acids is 1. The van der Waals surface area contributed by atoms with E-state index in [0.29, 0.717) is 12.1 Å². The van der Waals surface area contributed by atoms with Crippen LogP contribution in [0.15, 0.2) is 12.1 Å². The number of hydrogen-bond acceptors (Lipinski definition) is 3. The number of nitrogens with one attached hydrogen (secondary N) is 1. The zero-order valence-corrected chi connectivity index (χ0v) is 8.67. The van der Waals surface area contributed by atoms with E-state index in [1.54, 1.807) is 0 Å². The standard InChI is InChI=1S/C10H10F2N2O3/c11-7-3-5(9(15)14-2-1-13)6(10(16)17)4-8(7)12/h3-4H,1-2,13H2,(H,14,15)(H,16,17). The quantitative estimate of drug-likeness (QED) is 0.712. The zero-order chi connectivity index (χ0) is 13.0. The van der Waals surface area contributed by atoms with Crippen LogP contribution in [0.25, 0.3) is 0 Å². The van der Waals surface area contributed by atoms with Crippen LogP contribution in [0.5, 0.6) is 0 Å². The molecule has 0 bridgehead atoms. The van der Waals surface area contributed by atoms with Crippen molar-refractivity contribution in [1.82, 2.24) is 5.32 Å². The average Bonchev–Trinajstić information content (AvgIpc) is 2.28. The maximum Gasteiger partial charge on any atom is 0.336 e. The van der Waals surface area contributed by atoms with Gasteiger partial charge in [0.05, 0.1) is 11.1 Å². The van der Waals surface area contributed by atoms with Crippen LogP contribution in [0.2, 0.25) is 0 Å². The molecule has 0 saturated heterocycles. The second-order valence-corrected chi connectivity index (χ2v) is 3.16. The molecule has 0 unspecified atom stereocenters. The van der Waals surface area contributed by atoms with Gasteiger partial charge in [-0.25, -0.2) is 13.6 Å². The van der Waals surface area contributed by atoms with Gasteiger partial charge >= 0.3 is 5.97 Å². The molecule has 0 aliphatic carbocycles. The van der Waals surface area contributed by atoms with Crippen molar-refractivity contribution >= 4 is 11.9 Å². The van der Waals surface area contributed by atoms with Crippen LogP contribution in [-0.2, 0) is 0 Å². The van der Waals surface area contributed by atoms with Crippen LogP contribution in [0, 0.1) is 11.6 Å². The molecule has 1 aromatic rings. The van der Waals surface area contributed by atoms with Gasteiger partial charge in [-0.15, -0.1) is 0 Å². The summed E-state index contributed by atoms with van der Waals surface area (Å²) in [7, 11) is 0. The molecule has 0 heterocycles. The molecule has 0 fully saturated rings. The van der Waals surface area contributed by atoms with Crippen molar-refractivity contribution in [1.29, 1.82) is 0 Å². The second kappa shape index (κ2) is 5.35. The minimum Gasteiger partial charge on any atom is -0.478 e. The van der Waals surface area contributed by atoms with Gasteiger partial charge in [0.1, 0.15) is 0 Å². The van der Waals surface area contributed by atoms with E-state index in [1.807, 2.05) is 0 Å². The molecule has 0 atom stereocenters. The fourth-order valence-electron chi connectivity index (χ4n) is 1.19. The number of rotatable bonds is 4. The molecule has 0 aliphatic rings. The summed E-state index contributed by atoms with van der Waals surface area (Å²) in [5, 5.41) is 11.0. The summed E-state index contributed by atoms with van der Waals surface area (Å²) in [5.74, 6) is -4.93. The van der Waals surface area contributed by atoms with E-state index in [9.17, 15) is 18.4 Å². The minimum absolute atomic E-state index is 0.108. The van der Waals surface area contributed by atoms with Gasteiger partial charge in [0.25, 0.3) is 5.91 Å². The number of hydrogen-bond donors (Lipinski definition) is 3. The highest BCUT2D eigenvalue weighted by molar-refractivity contribution is 6.04. The molecule has 0 saturated carbocycles. The van der Waals surface area contributed by atoms with Gasteiger partial charge in [0.15, 0.2) is 11.6 Å². The molecule has 17 heavy (non-hydrogen) atoms. The lowest BCUT2D eigenvalue weighted by molar-refractivity contribution is 0.0690. The molecule has 0 aliphatic heterocycles. The lowest BCUT2D eigenvalue weighted by atomic mass is 10.1. The third-order valence-corrected chi connectivity index (χ3v) is 1.97. The third kappa shape index (κ3) is 2.97. The molecule has 1 rings (SSSR count).